The number of aromatic nitrogens is 1. The van der Waals surface area contributed by atoms with E-state index in [0.29, 0.717) is 10.7 Å². The molecular weight excluding hydrogens is 304 g/mol. The van der Waals surface area contributed by atoms with Crippen LogP contribution in [-0.2, 0) is 12.0 Å². The maximum atomic E-state index is 10.7. The molecule has 2 rings (SSSR count). The molecule has 0 spiro atoms. The van der Waals surface area contributed by atoms with E-state index in [9.17, 15) is 15.2 Å². The summed E-state index contributed by atoms with van der Waals surface area (Å²) in [5, 5.41) is 30.8. The minimum atomic E-state index is -0.517. The van der Waals surface area contributed by atoms with Gasteiger partial charge in [0.1, 0.15) is 5.75 Å². The highest BCUT2D eigenvalue weighted by atomic mass is 32.1. The number of phenolic OH excluding ortho intramolecular Hbond substituents is 1. The van der Waals surface area contributed by atoms with Crippen LogP contribution in [-0.4, -0.2) is 15.0 Å². The zero-order valence-corrected chi connectivity index (χ0v) is 13.3. The van der Waals surface area contributed by atoms with Crippen molar-refractivity contribution in [1.82, 2.24) is 4.98 Å². The molecule has 1 heterocycles. The average Bonchev–Trinajstić information content (AvgIpc) is 2.89. The van der Waals surface area contributed by atoms with Gasteiger partial charge in [-0.15, -0.1) is 16.5 Å². The number of rotatable bonds is 4. The lowest BCUT2D eigenvalue weighted by atomic mass is 9.93. The number of azo groups is 1. The molecule has 116 valence electrons. The maximum absolute atomic E-state index is 10.7. The molecule has 0 aliphatic carbocycles. The third-order valence-corrected chi connectivity index (χ3v) is 3.66. The first kappa shape index (κ1) is 16.0. The van der Waals surface area contributed by atoms with Crippen LogP contribution in [0.1, 0.15) is 32.0 Å². The molecule has 0 radical (unpaired) electrons. The molecule has 0 amide bonds. The minimum absolute atomic E-state index is 0.0425. The molecule has 0 unspecified atom stereocenters. The molecule has 0 fully saturated rings. The molecule has 1 aromatic carbocycles. The maximum Gasteiger partial charge on any atom is 0.270 e. The Kier molecular flexibility index (Phi) is 4.51. The van der Waals surface area contributed by atoms with Crippen LogP contribution in [0.2, 0.25) is 0 Å². The van der Waals surface area contributed by atoms with Crippen molar-refractivity contribution in [1.29, 1.82) is 0 Å². The van der Waals surface area contributed by atoms with Gasteiger partial charge in [-0.1, -0.05) is 20.8 Å². The molecule has 2 aromatic rings. The summed E-state index contributed by atoms with van der Waals surface area (Å²) in [7, 11) is 0. The van der Waals surface area contributed by atoms with Gasteiger partial charge in [0.05, 0.1) is 17.2 Å². The second-order valence-corrected chi connectivity index (χ2v) is 6.57. The number of nitro groups is 1. The van der Waals surface area contributed by atoms with Crippen LogP contribution in [0.25, 0.3) is 0 Å². The second kappa shape index (κ2) is 6.18. The molecule has 0 saturated carbocycles. The fraction of sp³-hybridized carbons (Fsp3) is 0.357. The topological polar surface area (TPSA) is 101 Å². The van der Waals surface area contributed by atoms with Crippen LogP contribution >= 0.6 is 11.3 Å². The van der Waals surface area contributed by atoms with Crippen LogP contribution < -0.4 is 0 Å². The lowest BCUT2D eigenvalue weighted by molar-refractivity contribution is -0.384. The Morgan fingerprint density at radius 3 is 2.73 bits per heavy atom. The first-order valence-corrected chi connectivity index (χ1v) is 7.45. The molecular formula is C14H16N4O3S. The standard InChI is InChI=1S/C14H16N4O3S/c1-14(2,3)12-8-22-13(16-12)17-15-7-9-6-10(18(20)21)4-5-11(9)19/h4-6,8,19H,7H2,1-3H3. The summed E-state index contributed by atoms with van der Waals surface area (Å²) < 4.78 is 0. The molecule has 22 heavy (non-hydrogen) atoms. The van der Waals surface area contributed by atoms with Crippen molar-refractivity contribution in [3.8, 4) is 5.75 Å². The summed E-state index contributed by atoms with van der Waals surface area (Å²) in [4.78, 5) is 14.6. The van der Waals surface area contributed by atoms with E-state index in [2.05, 4.69) is 36.0 Å². The van der Waals surface area contributed by atoms with E-state index in [1.165, 1.54) is 29.5 Å². The SMILES string of the molecule is CC(C)(C)c1csc(N=NCc2cc([N+](=O)[O-])ccc2O)n1. The van der Waals surface area contributed by atoms with E-state index in [1.54, 1.807) is 0 Å². The zero-order chi connectivity index (χ0) is 16.3. The highest BCUT2D eigenvalue weighted by Crippen LogP contribution is 2.29. The summed E-state index contributed by atoms with van der Waals surface area (Å²) >= 11 is 1.38. The van der Waals surface area contributed by atoms with E-state index in [0.717, 1.165) is 5.69 Å². The van der Waals surface area contributed by atoms with Gasteiger partial charge in [-0.25, -0.2) is 4.98 Å². The number of non-ortho nitro benzene ring substituents is 1. The van der Waals surface area contributed by atoms with E-state index in [1.807, 2.05) is 5.38 Å². The molecule has 0 atom stereocenters. The Morgan fingerprint density at radius 1 is 1.41 bits per heavy atom. The summed E-state index contributed by atoms with van der Waals surface area (Å²) in [5.41, 5.74) is 1.14. The number of phenols is 1. The van der Waals surface area contributed by atoms with Crippen LogP contribution in [0.5, 0.6) is 5.75 Å². The number of nitrogens with zero attached hydrogens (tertiary/aromatic N) is 4. The van der Waals surface area contributed by atoms with E-state index >= 15 is 0 Å². The number of nitro benzene ring substituents is 1. The van der Waals surface area contributed by atoms with Gasteiger partial charge in [0.15, 0.2) is 0 Å². The third kappa shape index (κ3) is 3.85. The third-order valence-electron chi connectivity index (χ3n) is 2.93. The molecule has 8 heteroatoms. The summed E-state index contributed by atoms with van der Waals surface area (Å²) in [6, 6.07) is 3.81. The van der Waals surface area contributed by atoms with Crippen molar-refractivity contribution in [3.05, 3.63) is 45.0 Å². The normalized spacial score (nSPS) is 12.0. The highest BCUT2D eigenvalue weighted by molar-refractivity contribution is 7.13. The number of aromatic hydroxyl groups is 1. The highest BCUT2D eigenvalue weighted by Gasteiger charge is 2.17. The predicted octanol–water partition coefficient (Wildman–Crippen LogP) is 4.34. The van der Waals surface area contributed by atoms with E-state index in [-0.39, 0.29) is 23.4 Å². The van der Waals surface area contributed by atoms with Crippen molar-refractivity contribution in [2.75, 3.05) is 0 Å². The smallest absolute Gasteiger partial charge is 0.270 e. The first-order valence-electron chi connectivity index (χ1n) is 6.57. The largest absolute Gasteiger partial charge is 0.508 e. The Hall–Kier alpha value is -2.35. The number of hydrogen-bond donors (Lipinski definition) is 1. The fourth-order valence-corrected chi connectivity index (χ4v) is 2.52. The van der Waals surface area contributed by atoms with Gasteiger partial charge < -0.3 is 5.11 Å². The molecule has 7 nitrogen and oxygen atoms in total. The minimum Gasteiger partial charge on any atom is -0.508 e. The lowest BCUT2D eigenvalue weighted by Gasteiger charge is -2.13. The molecule has 0 aliphatic heterocycles. The Balaban J connectivity index is 2.11. The first-order chi connectivity index (χ1) is 10.3. The van der Waals surface area contributed by atoms with Crippen molar-refractivity contribution >= 4 is 22.2 Å². The van der Waals surface area contributed by atoms with Gasteiger partial charge in [0.2, 0.25) is 5.13 Å². The van der Waals surface area contributed by atoms with Gasteiger partial charge in [-0.2, -0.15) is 5.11 Å². The van der Waals surface area contributed by atoms with Crippen molar-refractivity contribution in [2.45, 2.75) is 32.7 Å². The van der Waals surface area contributed by atoms with Gasteiger partial charge in [0, 0.05) is 28.5 Å². The monoisotopic (exact) mass is 320 g/mol. The molecule has 1 aromatic heterocycles. The Morgan fingerprint density at radius 2 is 2.14 bits per heavy atom. The summed E-state index contributed by atoms with van der Waals surface area (Å²) in [6.07, 6.45) is 0. The predicted molar refractivity (Wildman–Crippen MR) is 83.8 cm³/mol. The zero-order valence-electron chi connectivity index (χ0n) is 12.5. The molecule has 0 bridgehead atoms. The van der Waals surface area contributed by atoms with E-state index < -0.39 is 4.92 Å². The molecule has 0 aliphatic rings. The fourth-order valence-electron chi connectivity index (χ4n) is 1.64. The number of hydrogen-bond acceptors (Lipinski definition) is 7. The Labute approximate surface area is 131 Å². The second-order valence-electron chi connectivity index (χ2n) is 5.73. The van der Waals surface area contributed by atoms with Gasteiger partial charge in [-0.3, -0.25) is 10.1 Å². The van der Waals surface area contributed by atoms with Gasteiger partial charge in [-0.05, 0) is 6.07 Å². The van der Waals surface area contributed by atoms with Gasteiger partial charge >= 0.3 is 0 Å². The van der Waals surface area contributed by atoms with Crippen LogP contribution in [0.3, 0.4) is 0 Å². The van der Waals surface area contributed by atoms with E-state index in [4.69, 9.17) is 0 Å². The van der Waals surface area contributed by atoms with Crippen LogP contribution in [0.15, 0.2) is 33.8 Å². The quantitative estimate of drug-likeness (QED) is 0.514. The summed E-state index contributed by atoms with van der Waals surface area (Å²) in [6.45, 7) is 6.23. The van der Waals surface area contributed by atoms with Crippen molar-refractivity contribution < 1.29 is 10.0 Å². The Bertz CT molecular complexity index is 719. The van der Waals surface area contributed by atoms with Crippen LogP contribution in [0, 0.1) is 10.1 Å². The molecule has 1 N–H and O–H groups in total. The van der Waals surface area contributed by atoms with Crippen LogP contribution in [0.4, 0.5) is 10.8 Å². The lowest BCUT2D eigenvalue weighted by Crippen LogP contribution is -2.10. The molecule has 0 saturated heterocycles. The summed E-state index contributed by atoms with van der Waals surface area (Å²) in [5.74, 6) is -0.0425. The van der Waals surface area contributed by atoms with Crippen molar-refractivity contribution in [3.63, 3.8) is 0 Å². The van der Waals surface area contributed by atoms with Crippen molar-refractivity contribution in [2.24, 2.45) is 10.2 Å². The van der Waals surface area contributed by atoms with Gasteiger partial charge in [0.25, 0.3) is 5.69 Å². The number of thiazole rings is 1. The number of benzene rings is 1. The average molecular weight is 320 g/mol.